The van der Waals surface area contributed by atoms with Gasteiger partial charge in [-0.1, -0.05) is 6.08 Å². The van der Waals surface area contributed by atoms with Crippen molar-refractivity contribution in [2.75, 3.05) is 57.8 Å². The second-order valence-electron chi connectivity index (χ2n) is 11.5. The summed E-state index contributed by atoms with van der Waals surface area (Å²) in [5, 5.41) is 7.57. The second kappa shape index (κ2) is 11.1. The summed E-state index contributed by atoms with van der Waals surface area (Å²) in [6.07, 6.45) is 10.6. The van der Waals surface area contributed by atoms with Gasteiger partial charge in [0.15, 0.2) is 0 Å². The normalized spacial score (nSPS) is 24.9. The summed E-state index contributed by atoms with van der Waals surface area (Å²) in [7, 11) is 1.86. The van der Waals surface area contributed by atoms with Crippen LogP contribution < -0.4 is 10.2 Å². The zero-order valence-corrected chi connectivity index (χ0v) is 23.6. The second-order valence-corrected chi connectivity index (χ2v) is 11.5. The van der Waals surface area contributed by atoms with Crippen molar-refractivity contribution in [3.05, 3.63) is 42.2 Å². The third-order valence-electron chi connectivity index (χ3n) is 8.38. The van der Waals surface area contributed by atoms with E-state index in [9.17, 15) is 4.79 Å². The number of allylic oxidation sites excluding steroid dienone is 1. The van der Waals surface area contributed by atoms with E-state index in [1.165, 1.54) is 0 Å². The first-order chi connectivity index (χ1) is 18.3. The molecule has 3 aliphatic rings. The lowest BCUT2D eigenvalue weighted by molar-refractivity contribution is -0.0957. The minimum Gasteiger partial charge on any atom is -0.376 e. The minimum atomic E-state index is -0.178. The molecule has 5 rings (SSSR count). The molecular formula is C29H43N7O2. The topological polar surface area (TPSA) is 77.7 Å². The van der Waals surface area contributed by atoms with Crippen LogP contribution in [0.3, 0.4) is 0 Å². The van der Waals surface area contributed by atoms with Crippen LogP contribution in [0.25, 0.3) is 5.52 Å². The molecular weight excluding hydrogens is 478 g/mol. The molecule has 0 aromatic carbocycles. The number of hydrogen-bond donors (Lipinski definition) is 1. The number of dihydropyridines is 1. The number of carbonyl (C=O) groups excluding carboxylic acids is 1. The maximum Gasteiger partial charge on any atom is 0.317 e. The van der Waals surface area contributed by atoms with E-state index in [4.69, 9.17) is 9.73 Å². The molecule has 9 heteroatoms. The lowest BCUT2D eigenvalue weighted by Crippen LogP contribution is -2.56. The molecule has 38 heavy (non-hydrogen) atoms. The van der Waals surface area contributed by atoms with Crippen molar-refractivity contribution in [3.63, 3.8) is 0 Å². The fourth-order valence-corrected chi connectivity index (χ4v) is 6.09. The fourth-order valence-electron chi connectivity index (χ4n) is 6.09. The molecule has 1 N–H and O–H groups in total. The van der Waals surface area contributed by atoms with Crippen LogP contribution in [0.2, 0.25) is 0 Å². The zero-order valence-electron chi connectivity index (χ0n) is 23.6. The Balaban J connectivity index is 1.29. The SMILES string of the molecule is CO[C@@]1(C2C=CC(c3cc4c(N5CCN(C(=O)NC(C)C)CC5)ccnn4c3)=NC2)CCCN(C(C)C)C1. The number of hydrogen-bond acceptors (Lipinski definition) is 6. The molecule has 9 nitrogen and oxygen atoms in total. The number of piperazine rings is 1. The van der Waals surface area contributed by atoms with E-state index < -0.39 is 0 Å². The van der Waals surface area contributed by atoms with Crippen LogP contribution in [-0.4, -0.2) is 102 Å². The Morgan fingerprint density at radius 1 is 1.16 bits per heavy atom. The smallest absolute Gasteiger partial charge is 0.317 e. The van der Waals surface area contributed by atoms with Gasteiger partial charge in [0.25, 0.3) is 0 Å². The number of aliphatic imine (C=N–C) groups is 1. The monoisotopic (exact) mass is 521 g/mol. The van der Waals surface area contributed by atoms with E-state index in [1.807, 2.05) is 36.6 Å². The third-order valence-corrected chi connectivity index (χ3v) is 8.38. The molecule has 2 fully saturated rings. The van der Waals surface area contributed by atoms with Crippen LogP contribution >= 0.6 is 0 Å². The van der Waals surface area contributed by atoms with Gasteiger partial charge in [-0.2, -0.15) is 5.10 Å². The largest absolute Gasteiger partial charge is 0.376 e. The first-order valence-electron chi connectivity index (χ1n) is 14.1. The van der Waals surface area contributed by atoms with Crippen LogP contribution in [0.5, 0.6) is 0 Å². The Morgan fingerprint density at radius 3 is 2.61 bits per heavy atom. The Kier molecular flexibility index (Phi) is 7.77. The van der Waals surface area contributed by atoms with Gasteiger partial charge in [-0.05, 0) is 65.3 Å². The summed E-state index contributed by atoms with van der Waals surface area (Å²) in [5.41, 5.74) is 4.10. The third kappa shape index (κ3) is 5.31. The summed E-state index contributed by atoms with van der Waals surface area (Å²) in [4.78, 5) is 24.2. The van der Waals surface area contributed by atoms with E-state index in [1.54, 1.807) is 0 Å². The number of rotatable bonds is 6. The van der Waals surface area contributed by atoms with Crippen molar-refractivity contribution < 1.29 is 9.53 Å². The molecule has 2 aromatic heterocycles. The Morgan fingerprint density at radius 2 is 1.95 bits per heavy atom. The van der Waals surface area contributed by atoms with Crippen LogP contribution in [0.4, 0.5) is 10.5 Å². The van der Waals surface area contributed by atoms with Gasteiger partial charge in [0.1, 0.15) is 0 Å². The number of likely N-dealkylation sites (tertiary alicyclic amines) is 1. The highest BCUT2D eigenvalue weighted by atomic mass is 16.5. The van der Waals surface area contributed by atoms with Gasteiger partial charge < -0.3 is 19.9 Å². The van der Waals surface area contributed by atoms with Crippen molar-refractivity contribution in [2.45, 2.75) is 58.2 Å². The van der Waals surface area contributed by atoms with Crippen molar-refractivity contribution in [1.29, 1.82) is 0 Å². The average molecular weight is 522 g/mol. The zero-order chi connectivity index (χ0) is 26.9. The number of nitrogens with zero attached hydrogens (tertiary/aromatic N) is 6. The maximum absolute atomic E-state index is 12.4. The summed E-state index contributed by atoms with van der Waals surface area (Å²) in [5.74, 6) is 0.271. The van der Waals surface area contributed by atoms with Gasteiger partial charge in [-0.25, -0.2) is 9.31 Å². The molecule has 3 aliphatic heterocycles. The van der Waals surface area contributed by atoms with Gasteiger partial charge in [0.05, 0.1) is 22.5 Å². The molecule has 0 radical (unpaired) electrons. The quantitative estimate of drug-likeness (QED) is 0.630. The van der Waals surface area contributed by atoms with Crippen LogP contribution in [0, 0.1) is 5.92 Å². The number of anilines is 1. The molecule has 1 unspecified atom stereocenters. The van der Waals surface area contributed by atoms with Gasteiger partial charge in [0.2, 0.25) is 0 Å². The molecule has 2 amide bonds. The predicted molar refractivity (Wildman–Crippen MR) is 152 cm³/mol. The van der Waals surface area contributed by atoms with Crippen molar-refractivity contribution in [2.24, 2.45) is 10.9 Å². The van der Waals surface area contributed by atoms with Gasteiger partial charge >= 0.3 is 6.03 Å². The van der Waals surface area contributed by atoms with Crippen molar-refractivity contribution in [3.8, 4) is 0 Å². The van der Waals surface area contributed by atoms with Gasteiger partial charge in [-0.15, -0.1) is 0 Å². The standard InChI is InChI=1S/C29H43N7O2/c1-21(2)32-28(37)34-15-13-33(14-16-34)26-9-11-31-36-19-23(17-27(26)36)25-8-7-24(18-30-25)29(38-5)10-6-12-35(20-29)22(3)4/h7-9,11,17,19,21-22,24H,6,10,12-16,18,20H2,1-5H3,(H,32,37)/t24?,29-/m0/s1. The van der Waals surface area contributed by atoms with Gasteiger partial charge in [0, 0.05) is 82.3 Å². The highest BCUT2D eigenvalue weighted by molar-refractivity contribution is 6.10. The van der Waals surface area contributed by atoms with Gasteiger partial charge in [-0.3, -0.25) is 9.89 Å². The minimum absolute atomic E-state index is 0.0188. The molecule has 0 bridgehead atoms. The number of piperidine rings is 1. The van der Waals surface area contributed by atoms with E-state index >= 15 is 0 Å². The highest BCUT2D eigenvalue weighted by Crippen LogP contribution is 2.35. The number of carbonyl (C=O) groups is 1. The molecule has 0 spiro atoms. The predicted octanol–water partition coefficient (Wildman–Crippen LogP) is 3.44. The highest BCUT2D eigenvalue weighted by Gasteiger charge is 2.42. The van der Waals surface area contributed by atoms with Crippen LogP contribution in [0.1, 0.15) is 46.1 Å². The number of nitrogens with one attached hydrogen (secondary N) is 1. The summed E-state index contributed by atoms with van der Waals surface area (Å²) < 4.78 is 8.15. The first kappa shape index (κ1) is 26.7. The number of amides is 2. The number of methoxy groups -OCH3 is 1. The lowest BCUT2D eigenvalue weighted by Gasteiger charge is -2.47. The molecule has 2 saturated heterocycles. The summed E-state index contributed by atoms with van der Waals surface area (Å²) in [6, 6.07) is 4.95. The lowest BCUT2D eigenvalue weighted by atomic mass is 9.78. The molecule has 206 valence electrons. The Bertz CT molecular complexity index is 1190. The molecule has 2 aromatic rings. The van der Waals surface area contributed by atoms with E-state index in [0.717, 1.165) is 68.0 Å². The average Bonchev–Trinajstić information content (AvgIpc) is 3.37. The van der Waals surface area contributed by atoms with E-state index in [0.29, 0.717) is 19.1 Å². The molecule has 0 aliphatic carbocycles. The number of ether oxygens (including phenoxy) is 1. The van der Waals surface area contributed by atoms with Crippen LogP contribution in [-0.2, 0) is 4.74 Å². The van der Waals surface area contributed by atoms with Crippen LogP contribution in [0.15, 0.2) is 41.7 Å². The molecule has 5 heterocycles. The van der Waals surface area contributed by atoms with Crippen molar-refractivity contribution >= 4 is 22.9 Å². The number of fused-ring (bicyclic) bond motifs is 1. The van der Waals surface area contributed by atoms with E-state index in [2.05, 4.69) is 64.5 Å². The first-order valence-corrected chi connectivity index (χ1v) is 14.1. The number of aromatic nitrogens is 2. The summed E-state index contributed by atoms with van der Waals surface area (Å²) >= 11 is 0. The Hall–Kier alpha value is -2.91. The van der Waals surface area contributed by atoms with E-state index in [-0.39, 0.29) is 23.6 Å². The molecule has 0 saturated carbocycles. The Labute approximate surface area is 226 Å². The number of urea groups is 1. The molecule has 2 atom stereocenters. The maximum atomic E-state index is 12.4. The summed E-state index contributed by atoms with van der Waals surface area (Å²) in [6.45, 7) is 14.3. The fraction of sp³-hybridized carbons (Fsp3) is 0.621. The van der Waals surface area contributed by atoms with Crippen molar-refractivity contribution in [1.82, 2.24) is 24.7 Å².